The molecule has 2 N–H and O–H groups in total. The number of hydrogen-bond acceptors (Lipinski definition) is 3. The topological polar surface area (TPSA) is 66.6 Å². The van der Waals surface area contributed by atoms with Gasteiger partial charge >= 0.3 is 0 Å². The van der Waals surface area contributed by atoms with Gasteiger partial charge in [0, 0.05) is 30.3 Å². The third-order valence-corrected chi connectivity index (χ3v) is 5.56. The predicted molar refractivity (Wildman–Crippen MR) is 122 cm³/mol. The van der Waals surface area contributed by atoms with Crippen LogP contribution in [0.2, 0.25) is 0 Å². The minimum absolute atomic E-state index is 0.0138. The molecule has 0 aromatic heterocycles. The van der Waals surface area contributed by atoms with Gasteiger partial charge < -0.3 is 15.5 Å². The number of primary amides is 1. The minimum Gasteiger partial charge on any atom is -0.366 e. The molecule has 0 atom stereocenters. The van der Waals surface area contributed by atoms with E-state index in [9.17, 15) is 9.59 Å². The molecule has 5 heteroatoms. The van der Waals surface area contributed by atoms with E-state index in [0.29, 0.717) is 17.2 Å². The molecule has 0 heterocycles. The standard InChI is InChI=1S/C25H33N3O2/c1-17-6-7-20(14-22(17)18-8-10-19(11-9-18)23(26)29)24(30)28(21-12-13-21)16-25(2,3)15-27(4)5/h6-11,14,21H,12-13,15-16H2,1-5H3,(H2,26,29). The van der Waals surface area contributed by atoms with Gasteiger partial charge in [0.2, 0.25) is 5.91 Å². The second-order valence-electron chi connectivity index (χ2n) is 9.54. The van der Waals surface area contributed by atoms with Crippen molar-refractivity contribution in [3.05, 3.63) is 59.2 Å². The average Bonchev–Trinajstić information content (AvgIpc) is 3.50. The molecule has 0 spiro atoms. The van der Waals surface area contributed by atoms with E-state index in [-0.39, 0.29) is 11.3 Å². The normalized spacial score (nSPS) is 14.1. The maximum atomic E-state index is 13.5. The summed E-state index contributed by atoms with van der Waals surface area (Å²) in [6.45, 7) is 8.14. The Hall–Kier alpha value is -2.66. The molecule has 2 amide bonds. The molecule has 30 heavy (non-hydrogen) atoms. The van der Waals surface area contributed by atoms with Crippen LogP contribution in [-0.2, 0) is 0 Å². The summed E-state index contributed by atoms with van der Waals surface area (Å²) in [5.74, 6) is -0.345. The highest BCUT2D eigenvalue weighted by Gasteiger charge is 2.36. The van der Waals surface area contributed by atoms with Crippen molar-refractivity contribution in [3.63, 3.8) is 0 Å². The molecule has 0 saturated heterocycles. The largest absolute Gasteiger partial charge is 0.366 e. The summed E-state index contributed by atoms with van der Waals surface area (Å²) in [4.78, 5) is 29.1. The van der Waals surface area contributed by atoms with Crippen molar-refractivity contribution in [2.75, 3.05) is 27.2 Å². The first kappa shape index (κ1) is 22.0. The van der Waals surface area contributed by atoms with Crippen LogP contribution in [0.5, 0.6) is 0 Å². The Bertz CT molecular complexity index is 928. The van der Waals surface area contributed by atoms with E-state index in [1.807, 2.05) is 37.3 Å². The number of aryl methyl sites for hydroxylation is 1. The second-order valence-corrected chi connectivity index (χ2v) is 9.54. The van der Waals surface area contributed by atoms with Crippen molar-refractivity contribution < 1.29 is 9.59 Å². The summed E-state index contributed by atoms with van der Waals surface area (Å²) in [6.07, 6.45) is 2.16. The molecular formula is C25H33N3O2. The van der Waals surface area contributed by atoms with E-state index < -0.39 is 5.91 Å². The first-order chi connectivity index (χ1) is 14.1. The Morgan fingerprint density at radius 3 is 2.13 bits per heavy atom. The van der Waals surface area contributed by atoms with Crippen LogP contribution in [0.1, 0.15) is 53.0 Å². The van der Waals surface area contributed by atoms with Gasteiger partial charge in [-0.15, -0.1) is 0 Å². The van der Waals surface area contributed by atoms with E-state index in [1.54, 1.807) is 12.1 Å². The maximum absolute atomic E-state index is 13.5. The van der Waals surface area contributed by atoms with Crippen LogP contribution in [0.3, 0.4) is 0 Å². The summed E-state index contributed by atoms with van der Waals surface area (Å²) in [5.41, 5.74) is 9.61. The van der Waals surface area contributed by atoms with Crippen LogP contribution in [0, 0.1) is 12.3 Å². The average molecular weight is 408 g/mol. The maximum Gasteiger partial charge on any atom is 0.254 e. The molecule has 1 saturated carbocycles. The van der Waals surface area contributed by atoms with Gasteiger partial charge in [-0.05, 0) is 80.2 Å². The lowest BCUT2D eigenvalue weighted by molar-refractivity contribution is 0.0640. The second kappa shape index (κ2) is 8.60. The van der Waals surface area contributed by atoms with Crippen LogP contribution in [0.4, 0.5) is 0 Å². The van der Waals surface area contributed by atoms with Crippen LogP contribution in [-0.4, -0.2) is 54.8 Å². The Kier molecular flexibility index (Phi) is 6.32. The third kappa shape index (κ3) is 5.28. The van der Waals surface area contributed by atoms with Crippen molar-refractivity contribution in [2.24, 2.45) is 11.1 Å². The van der Waals surface area contributed by atoms with Crippen molar-refractivity contribution in [1.82, 2.24) is 9.80 Å². The predicted octanol–water partition coefficient (Wildman–Crippen LogP) is 3.95. The highest BCUT2D eigenvalue weighted by Crippen LogP contribution is 2.33. The molecule has 0 aliphatic heterocycles. The van der Waals surface area contributed by atoms with Gasteiger partial charge in [0.15, 0.2) is 0 Å². The lowest BCUT2D eigenvalue weighted by Crippen LogP contribution is -2.44. The number of carbonyl (C=O) groups excluding carboxylic acids is 2. The minimum atomic E-state index is -0.442. The number of hydrogen-bond donors (Lipinski definition) is 1. The van der Waals surface area contributed by atoms with E-state index >= 15 is 0 Å². The van der Waals surface area contributed by atoms with Crippen molar-refractivity contribution in [3.8, 4) is 11.1 Å². The molecule has 160 valence electrons. The van der Waals surface area contributed by atoms with Gasteiger partial charge in [0.25, 0.3) is 5.91 Å². The highest BCUT2D eigenvalue weighted by molar-refractivity contribution is 5.96. The van der Waals surface area contributed by atoms with E-state index in [2.05, 4.69) is 37.7 Å². The van der Waals surface area contributed by atoms with Gasteiger partial charge in [0.05, 0.1) is 0 Å². The van der Waals surface area contributed by atoms with Crippen molar-refractivity contribution >= 4 is 11.8 Å². The lowest BCUT2D eigenvalue weighted by Gasteiger charge is -2.35. The van der Waals surface area contributed by atoms with Gasteiger partial charge in [-0.1, -0.05) is 32.0 Å². The first-order valence-electron chi connectivity index (χ1n) is 10.5. The van der Waals surface area contributed by atoms with Crippen LogP contribution < -0.4 is 5.73 Å². The van der Waals surface area contributed by atoms with Gasteiger partial charge in [0.1, 0.15) is 0 Å². The summed E-state index contributed by atoms with van der Waals surface area (Å²) in [7, 11) is 4.14. The smallest absolute Gasteiger partial charge is 0.254 e. The number of amides is 2. The number of benzene rings is 2. The molecule has 1 aliphatic rings. The fraction of sp³-hybridized carbons (Fsp3) is 0.440. The van der Waals surface area contributed by atoms with E-state index in [1.165, 1.54) is 0 Å². The third-order valence-electron chi connectivity index (χ3n) is 5.56. The summed E-state index contributed by atoms with van der Waals surface area (Å²) in [6, 6.07) is 13.5. The zero-order valence-corrected chi connectivity index (χ0v) is 18.7. The summed E-state index contributed by atoms with van der Waals surface area (Å²) in [5, 5.41) is 0. The molecule has 0 radical (unpaired) electrons. The molecule has 0 bridgehead atoms. The quantitative estimate of drug-likeness (QED) is 0.720. The SMILES string of the molecule is Cc1ccc(C(=O)N(CC(C)(C)CN(C)C)C2CC2)cc1-c1ccc(C(N)=O)cc1. The Morgan fingerprint density at radius 2 is 1.60 bits per heavy atom. The highest BCUT2D eigenvalue weighted by atomic mass is 16.2. The Labute approximate surface area is 179 Å². The molecule has 1 aliphatic carbocycles. The lowest BCUT2D eigenvalue weighted by atomic mass is 9.91. The van der Waals surface area contributed by atoms with E-state index in [0.717, 1.165) is 42.6 Å². The van der Waals surface area contributed by atoms with Crippen LogP contribution in [0.15, 0.2) is 42.5 Å². The fourth-order valence-corrected chi connectivity index (χ4v) is 4.17. The monoisotopic (exact) mass is 407 g/mol. The Morgan fingerprint density at radius 1 is 1.00 bits per heavy atom. The van der Waals surface area contributed by atoms with Gasteiger partial charge in [-0.25, -0.2) is 0 Å². The number of nitrogens with zero attached hydrogens (tertiary/aromatic N) is 2. The van der Waals surface area contributed by atoms with E-state index in [4.69, 9.17) is 5.73 Å². The number of carbonyl (C=O) groups is 2. The molecule has 0 unspecified atom stereocenters. The summed E-state index contributed by atoms with van der Waals surface area (Å²) >= 11 is 0. The molecule has 3 rings (SSSR count). The van der Waals surface area contributed by atoms with Crippen molar-refractivity contribution in [1.29, 1.82) is 0 Å². The van der Waals surface area contributed by atoms with Crippen molar-refractivity contribution in [2.45, 2.75) is 39.7 Å². The van der Waals surface area contributed by atoms with Crippen LogP contribution in [0.25, 0.3) is 11.1 Å². The van der Waals surface area contributed by atoms with Crippen LogP contribution >= 0.6 is 0 Å². The molecule has 1 fully saturated rings. The van der Waals surface area contributed by atoms with Gasteiger partial charge in [-0.2, -0.15) is 0 Å². The number of nitrogens with two attached hydrogens (primary N) is 1. The van der Waals surface area contributed by atoms with Gasteiger partial charge in [-0.3, -0.25) is 9.59 Å². The zero-order chi connectivity index (χ0) is 22.1. The molecular weight excluding hydrogens is 374 g/mol. The zero-order valence-electron chi connectivity index (χ0n) is 18.7. The molecule has 2 aromatic carbocycles. The first-order valence-corrected chi connectivity index (χ1v) is 10.5. The Balaban J connectivity index is 1.88. The fourth-order valence-electron chi connectivity index (χ4n) is 4.17. The number of rotatable bonds is 8. The summed E-state index contributed by atoms with van der Waals surface area (Å²) < 4.78 is 0. The molecule has 5 nitrogen and oxygen atoms in total. The molecule has 2 aromatic rings.